The Morgan fingerprint density at radius 1 is 1.44 bits per heavy atom. The molecular weight excluding hydrogens is 250 g/mol. The van der Waals surface area contributed by atoms with Crippen molar-refractivity contribution in [3.05, 3.63) is 11.1 Å². The van der Waals surface area contributed by atoms with Crippen LogP contribution in [0, 0.1) is 0 Å². The smallest absolute Gasteiger partial charge is 0.323 e. The summed E-state index contributed by atoms with van der Waals surface area (Å²) >= 11 is 1.35. The lowest BCUT2D eigenvalue weighted by Crippen LogP contribution is -2.35. The number of nitrogens with one attached hydrogen (secondary N) is 1. The number of aliphatic hydroxyl groups excluding tert-OH is 1. The molecule has 6 heteroatoms. The summed E-state index contributed by atoms with van der Waals surface area (Å²) in [5.74, 6) is 0. The number of nitrogens with zero attached hydrogens (tertiary/aromatic N) is 2. The summed E-state index contributed by atoms with van der Waals surface area (Å²) in [6.45, 7) is 3.30. The molecule has 1 atom stereocenters. The van der Waals surface area contributed by atoms with Crippen molar-refractivity contribution in [2.45, 2.75) is 38.7 Å². The molecular formula is C12H19N3O2S. The monoisotopic (exact) mass is 269 g/mol. The molecule has 2 N–H and O–H groups in total. The van der Waals surface area contributed by atoms with Gasteiger partial charge in [-0.25, -0.2) is 9.78 Å². The van der Waals surface area contributed by atoms with Gasteiger partial charge in [-0.2, -0.15) is 0 Å². The summed E-state index contributed by atoms with van der Waals surface area (Å²) in [5.41, 5.74) is 0.603. The Labute approximate surface area is 111 Å². The average Bonchev–Trinajstić information content (AvgIpc) is 2.64. The Morgan fingerprint density at radius 3 is 2.67 bits per heavy atom. The molecule has 5 nitrogen and oxygen atoms in total. The van der Waals surface area contributed by atoms with Crippen LogP contribution >= 0.6 is 11.3 Å². The molecule has 1 aliphatic rings. The molecule has 100 valence electrons. The van der Waals surface area contributed by atoms with E-state index in [0.29, 0.717) is 10.8 Å². The molecule has 0 bridgehead atoms. The number of rotatable bonds is 2. The average molecular weight is 269 g/mol. The minimum Gasteiger partial charge on any atom is -0.387 e. The van der Waals surface area contributed by atoms with Gasteiger partial charge in [-0.3, -0.25) is 5.32 Å². The number of carbonyl (C=O) groups excluding carboxylic acids is 1. The fraction of sp³-hybridized carbons (Fsp3) is 0.667. The molecule has 0 aliphatic carbocycles. The first-order valence-corrected chi connectivity index (χ1v) is 7.24. The van der Waals surface area contributed by atoms with Crippen LogP contribution in [0.15, 0.2) is 5.38 Å². The summed E-state index contributed by atoms with van der Waals surface area (Å²) in [4.78, 5) is 18.0. The second-order valence-corrected chi connectivity index (χ2v) is 5.44. The minimum absolute atomic E-state index is 0.0802. The van der Waals surface area contributed by atoms with Crippen LogP contribution in [-0.2, 0) is 0 Å². The summed E-state index contributed by atoms with van der Waals surface area (Å²) in [5, 5.41) is 14.5. The molecule has 2 amide bonds. The fourth-order valence-corrected chi connectivity index (χ4v) is 2.77. The Morgan fingerprint density at radius 2 is 2.11 bits per heavy atom. The lowest BCUT2D eigenvalue weighted by Gasteiger charge is -2.19. The maximum atomic E-state index is 12.0. The Bertz CT molecular complexity index is 398. The first-order chi connectivity index (χ1) is 8.66. The first-order valence-electron chi connectivity index (χ1n) is 6.36. The van der Waals surface area contributed by atoms with Crippen molar-refractivity contribution in [2.75, 3.05) is 18.4 Å². The Hall–Kier alpha value is -1.14. The normalized spacial score (nSPS) is 18.2. The number of hydrogen-bond donors (Lipinski definition) is 2. The molecule has 2 heterocycles. The predicted octanol–water partition coefficient (Wildman–Crippen LogP) is 2.60. The number of aliphatic hydroxyl groups is 1. The number of carbonyl (C=O) groups is 1. The van der Waals surface area contributed by atoms with Gasteiger partial charge in [0, 0.05) is 18.5 Å². The van der Waals surface area contributed by atoms with Crippen molar-refractivity contribution in [1.82, 2.24) is 9.88 Å². The van der Waals surface area contributed by atoms with E-state index in [1.807, 2.05) is 4.90 Å². The zero-order valence-electron chi connectivity index (χ0n) is 10.6. The Balaban J connectivity index is 1.92. The standard InChI is InChI=1S/C12H19N3O2S/c1-9(16)10-8-18-11(13-10)14-12(17)15-6-4-2-3-5-7-15/h8-9,16H,2-7H2,1H3,(H,13,14,17). The van der Waals surface area contributed by atoms with E-state index < -0.39 is 6.10 Å². The summed E-state index contributed by atoms with van der Waals surface area (Å²) in [7, 11) is 0. The molecule has 1 aliphatic heterocycles. The van der Waals surface area contributed by atoms with Gasteiger partial charge in [-0.15, -0.1) is 11.3 Å². The van der Waals surface area contributed by atoms with Crippen LogP contribution in [0.25, 0.3) is 0 Å². The predicted molar refractivity (Wildman–Crippen MR) is 71.8 cm³/mol. The van der Waals surface area contributed by atoms with Gasteiger partial charge < -0.3 is 10.0 Å². The summed E-state index contributed by atoms with van der Waals surface area (Å²) in [6.07, 6.45) is 3.96. The molecule has 2 rings (SSSR count). The van der Waals surface area contributed by atoms with E-state index in [1.165, 1.54) is 24.2 Å². The second-order valence-electron chi connectivity index (χ2n) is 4.58. The highest BCUT2D eigenvalue weighted by molar-refractivity contribution is 7.13. The molecule has 0 aromatic carbocycles. The molecule has 1 aromatic heterocycles. The van der Waals surface area contributed by atoms with Gasteiger partial charge in [0.25, 0.3) is 0 Å². The highest BCUT2D eigenvalue weighted by Gasteiger charge is 2.17. The van der Waals surface area contributed by atoms with Crippen molar-refractivity contribution in [2.24, 2.45) is 0 Å². The van der Waals surface area contributed by atoms with Crippen molar-refractivity contribution < 1.29 is 9.90 Å². The maximum Gasteiger partial charge on any atom is 0.323 e. The van der Waals surface area contributed by atoms with Crippen LogP contribution < -0.4 is 5.32 Å². The van der Waals surface area contributed by atoms with Gasteiger partial charge in [0.1, 0.15) is 0 Å². The minimum atomic E-state index is -0.593. The van der Waals surface area contributed by atoms with Crippen LogP contribution in [0.4, 0.5) is 9.93 Å². The summed E-state index contributed by atoms with van der Waals surface area (Å²) in [6, 6.07) is -0.0802. The van der Waals surface area contributed by atoms with Crippen molar-refractivity contribution in [3.63, 3.8) is 0 Å². The number of urea groups is 1. The first kappa shape index (κ1) is 13.3. The third kappa shape index (κ3) is 3.43. The number of hydrogen-bond acceptors (Lipinski definition) is 4. The number of likely N-dealkylation sites (tertiary alicyclic amines) is 1. The number of amides is 2. The van der Waals surface area contributed by atoms with E-state index in [-0.39, 0.29) is 6.03 Å². The summed E-state index contributed by atoms with van der Waals surface area (Å²) < 4.78 is 0. The molecule has 0 radical (unpaired) electrons. The maximum absolute atomic E-state index is 12.0. The second kappa shape index (κ2) is 6.15. The highest BCUT2D eigenvalue weighted by Crippen LogP contribution is 2.21. The molecule has 1 fully saturated rings. The van der Waals surface area contributed by atoms with Crippen LogP contribution in [0.2, 0.25) is 0 Å². The van der Waals surface area contributed by atoms with E-state index in [0.717, 1.165) is 25.9 Å². The topological polar surface area (TPSA) is 65.5 Å². The largest absolute Gasteiger partial charge is 0.387 e. The molecule has 1 unspecified atom stereocenters. The number of thiazole rings is 1. The Kier molecular flexibility index (Phi) is 4.54. The fourth-order valence-electron chi connectivity index (χ4n) is 1.98. The van der Waals surface area contributed by atoms with Gasteiger partial charge in [0.05, 0.1) is 11.8 Å². The molecule has 1 saturated heterocycles. The zero-order valence-corrected chi connectivity index (χ0v) is 11.4. The lowest BCUT2D eigenvalue weighted by molar-refractivity contribution is 0.195. The van der Waals surface area contributed by atoms with Gasteiger partial charge in [0.15, 0.2) is 5.13 Å². The van der Waals surface area contributed by atoms with Crippen LogP contribution in [0.5, 0.6) is 0 Å². The van der Waals surface area contributed by atoms with Gasteiger partial charge in [0.2, 0.25) is 0 Å². The van der Waals surface area contributed by atoms with Crippen LogP contribution in [0.3, 0.4) is 0 Å². The van der Waals surface area contributed by atoms with Crippen molar-refractivity contribution >= 4 is 22.5 Å². The van der Waals surface area contributed by atoms with Gasteiger partial charge >= 0.3 is 6.03 Å². The number of anilines is 1. The third-order valence-electron chi connectivity index (χ3n) is 3.06. The molecule has 18 heavy (non-hydrogen) atoms. The third-order valence-corrected chi connectivity index (χ3v) is 3.83. The van der Waals surface area contributed by atoms with E-state index in [9.17, 15) is 9.90 Å². The molecule has 0 saturated carbocycles. The van der Waals surface area contributed by atoms with E-state index in [2.05, 4.69) is 10.3 Å². The van der Waals surface area contributed by atoms with Gasteiger partial charge in [-0.1, -0.05) is 12.8 Å². The highest BCUT2D eigenvalue weighted by atomic mass is 32.1. The van der Waals surface area contributed by atoms with E-state index in [1.54, 1.807) is 12.3 Å². The van der Waals surface area contributed by atoms with E-state index >= 15 is 0 Å². The lowest BCUT2D eigenvalue weighted by atomic mass is 10.2. The molecule has 0 spiro atoms. The molecule has 1 aromatic rings. The van der Waals surface area contributed by atoms with Crippen molar-refractivity contribution in [3.8, 4) is 0 Å². The van der Waals surface area contributed by atoms with Crippen LogP contribution in [-0.4, -0.2) is 34.1 Å². The van der Waals surface area contributed by atoms with E-state index in [4.69, 9.17) is 0 Å². The number of aromatic nitrogens is 1. The SMILES string of the molecule is CC(O)c1csc(NC(=O)N2CCCCCC2)n1. The quantitative estimate of drug-likeness (QED) is 0.867. The zero-order chi connectivity index (χ0) is 13.0. The van der Waals surface area contributed by atoms with Crippen molar-refractivity contribution in [1.29, 1.82) is 0 Å². The van der Waals surface area contributed by atoms with Crippen LogP contribution in [0.1, 0.15) is 44.4 Å². The van der Waals surface area contributed by atoms with Gasteiger partial charge in [-0.05, 0) is 19.8 Å².